The van der Waals surface area contributed by atoms with E-state index in [1.54, 1.807) is 20.4 Å². The Kier molecular flexibility index (Phi) is 4.74. The molecule has 0 atom stereocenters. The Balaban J connectivity index is 1.64. The van der Waals surface area contributed by atoms with Gasteiger partial charge < -0.3 is 19.4 Å². The second-order valence-electron chi connectivity index (χ2n) is 6.07. The van der Waals surface area contributed by atoms with Gasteiger partial charge in [0.1, 0.15) is 11.3 Å². The van der Waals surface area contributed by atoms with Gasteiger partial charge in [0.05, 0.1) is 19.8 Å². The number of likely N-dealkylation sites (tertiary alicyclic amines) is 1. The number of piperidine rings is 1. The molecule has 0 aliphatic carbocycles. The molecule has 128 valence electrons. The van der Waals surface area contributed by atoms with Crippen LogP contribution in [0.2, 0.25) is 0 Å². The maximum Gasteiger partial charge on any atom is 0.227 e. The molecule has 2 amide bonds. The summed E-state index contributed by atoms with van der Waals surface area (Å²) in [4.78, 5) is 26.0. The molecular weight excluding hydrogens is 308 g/mol. The van der Waals surface area contributed by atoms with Crippen LogP contribution in [0, 0.1) is 5.92 Å². The lowest BCUT2D eigenvalue weighted by molar-refractivity contribution is -0.134. The van der Waals surface area contributed by atoms with Crippen molar-refractivity contribution in [2.75, 3.05) is 27.2 Å². The van der Waals surface area contributed by atoms with Crippen molar-refractivity contribution in [2.24, 2.45) is 5.92 Å². The fourth-order valence-electron chi connectivity index (χ4n) is 3.20. The summed E-state index contributed by atoms with van der Waals surface area (Å²) in [5, 5.41) is 3.61. The van der Waals surface area contributed by atoms with E-state index in [0.29, 0.717) is 19.5 Å². The average molecular weight is 330 g/mol. The molecule has 0 saturated carbocycles. The van der Waals surface area contributed by atoms with Crippen molar-refractivity contribution in [3.05, 3.63) is 30.0 Å². The summed E-state index contributed by atoms with van der Waals surface area (Å²) in [6.45, 7) is 1.25. The van der Waals surface area contributed by atoms with Gasteiger partial charge in [-0.1, -0.05) is 0 Å². The van der Waals surface area contributed by atoms with E-state index in [9.17, 15) is 9.59 Å². The summed E-state index contributed by atoms with van der Waals surface area (Å²) in [5.41, 5.74) is 1.60. The highest BCUT2D eigenvalue weighted by Crippen LogP contribution is 2.26. The number of rotatable bonds is 4. The van der Waals surface area contributed by atoms with Crippen LogP contribution in [0.3, 0.4) is 0 Å². The lowest BCUT2D eigenvalue weighted by atomic mass is 9.95. The van der Waals surface area contributed by atoms with Crippen LogP contribution < -0.4 is 10.1 Å². The van der Waals surface area contributed by atoms with Crippen LogP contribution in [0.1, 0.15) is 18.4 Å². The molecule has 0 unspecified atom stereocenters. The van der Waals surface area contributed by atoms with Crippen molar-refractivity contribution >= 4 is 22.8 Å². The number of methoxy groups -OCH3 is 1. The van der Waals surface area contributed by atoms with E-state index in [1.807, 2.05) is 23.1 Å². The largest absolute Gasteiger partial charge is 0.497 e. The van der Waals surface area contributed by atoms with Crippen LogP contribution in [-0.2, 0) is 16.0 Å². The first kappa shape index (κ1) is 16.4. The Morgan fingerprint density at radius 2 is 2.08 bits per heavy atom. The molecule has 1 aromatic carbocycles. The van der Waals surface area contributed by atoms with Crippen molar-refractivity contribution in [2.45, 2.75) is 19.3 Å². The van der Waals surface area contributed by atoms with E-state index in [4.69, 9.17) is 9.15 Å². The highest BCUT2D eigenvalue weighted by atomic mass is 16.5. The number of hydrogen-bond donors (Lipinski definition) is 1. The molecule has 6 heteroatoms. The molecule has 2 aromatic rings. The van der Waals surface area contributed by atoms with Crippen molar-refractivity contribution < 1.29 is 18.7 Å². The maximum atomic E-state index is 12.5. The van der Waals surface area contributed by atoms with E-state index in [-0.39, 0.29) is 17.7 Å². The van der Waals surface area contributed by atoms with Gasteiger partial charge >= 0.3 is 0 Å². The van der Waals surface area contributed by atoms with Gasteiger partial charge in [0.25, 0.3) is 0 Å². The van der Waals surface area contributed by atoms with Gasteiger partial charge in [0.15, 0.2) is 0 Å². The van der Waals surface area contributed by atoms with Gasteiger partial charge in [0, 0.05) is 43.1 Å². The summed E-state index contributed by atoms with van der Waals surface area (Å²) in [7, 11) is 3.26. The first-order valence-electron chi connectivity index (χ1n) is 8.16. The Morgan fingerprint density at radius 1 is 1.33 bits per heavy atom. The molecule has 1 N–H and O–H groups in total. The Morgan fingerprint density at radius 3 is 2.75 bits per heavy atom. The third kappa shape index (κ3) is 3.22. The van der Waals surface area contributed by atoms with Gasteiger partial charge in [-0.2, -0.15) is 0 Å². The number of nitrogens with one attached hydrogen (secondary N) is 1. The fourth-order valence-corrected chi connectivity index (χ4v) is 3.20. The van der Waals surface area contributed by atoms with Crippen LogP contribution in [-0.4, -0.2) is 44.0 Å². The standard InChI is InChI=1S/C18H22N2O4/c1-19-18(22)12-5-7-20(8-6-12)17(21)9-13-11-24-16-10-14(23-2)3-4-15(13)16/h3-4,10-12H,5-9H2,1-2H3,(H,19,22). The summed E-state index contributed by atoms with van der Waals surface area (Å²) in [5.74, 6) is 0.882. The van der Waals surface area contributed by atoms with Crippen LogP contribution in [0.4, 0.5) is 0 Å². The lowest BCUT2D eigenvalue weighted by Crippen LogP contribution is -2.42. The topological polar surface area (TPSA) is 71.8 Å². The molecule has 6 nitrogen and oxygen atoms in total. The third-order valence-corrected chi connectivity index (χ3v) is 4.67. The second kappa shape index (κ2) is 6.95. The molecule has 0 bridgehead atoms. The molecule has 2 heterocycles. The fraction of sp³-hybridized carbons (Fsp3) is 0.444. The number of benzene rings is 1. The number of nitrogens with zero attached hydrogens (tertiary/aromatic N) is 1. The number of furan rings is 1. The van der Waals surface area contributed by atoms with Crippen molar-refractivity contribution in [1.82, 2.24) is 10.2 Å². The van der Waals surface area contributed by atoms with Gasteiger partial charge in [-0.05, 0) is 25.0 Å². The molecule has 1 aromatic heterocycles. The number of fused-ring (bicyclic) bond motifs is 1. The van der Waals surface area contributed by atoms with E-state index < -0.39 is 0 Å². The van der Waals surface area contributed by atoms with Gasteiger partial charge in [0.2, 0.25) is 11.8 Å². The smallest absolute Gasteiger partial charge is 0.227 e. The van der Waals surface area contributed by atoms with Gasteiger partial charge in [-0.3, -0.25) is 9.59 Å². The zero-order valence-corrected chi connectivity index (χ0v) is 14.0. The molecule has 3 rings (SSSR count). The predicted molar refractivity (Wildman–Crippen MR) is 89.8 cm³/mol. The second-order valence-corrected chi connectivity index (χ2v) is 6.07. The minimum absolute atomic E-state index is 0.0151. The van der Waals surface area contributed by atoms with E-state index in [1.165, 1.54) is 0 Å². The quantitative estimate of drug-likeness (QED) is 0.930. The number of ether oxygens (including phenoxy) is 1. The van der Waals surface area contributed by atoms with E-state index >= 15 is 0 Å². The summed E-state index contributed by atoms with van der Waals surface area (Å²) < 4.78 is 10.7. The van der Waals surface area contributed by atoms with Crippen LogP contribution in [0.15, 0.2) is 28.9 Å². The Bertz CT molecular complexity index is 745. The van der Waals surface area contributed by atoms with Crippen LogP contribution >= 0.6 is 0 Å². The number of carbonyl (C=O) groups excluding carboxylic acids is 2. The zero-order chi connectivity index (χ0) is 17.1. The summed E-state index contributed by atoms with van der Waals surface area (Å²) >= 11 is 0. The van der Waals surface area contributed by atoms with Crippen molar-refractivity contribution in [3.8, 4) is 5.75 Å². The molecule has 1 saturated heterocycles. The highest BCUT2D eigenvalue weighted by Gasteiger charge is 2.27. The van der Waals surface area contributed by atoms with Gasteiger partial charge in [-0.15, -0.1) is 0 Å². The molecule has 24 heavy (non-hydrogen) atoms. The Labute approximate surface area is 140 Å². The number of amides is 2. The maximum absolute atomic E-state index is 12.5. The summed E-state index contributed by atoms with van der Waals surface area (Å²) in [6.07, 6.45) is 3.38. The minimum atomic E-state index is 0.0151. The monoisotopic (exact) mass is 330 g/mol. The highest BCUT2D eigenvalue weighted by molar-refractivity contribution is 5.88. The number of carbonyl (C=O) groups is 2. The molecular formula is C18H22N2O4. The first-order valence-corrected chi connectivity index (χ1v) is 8.16. The molecule has 1 aliphatic rings. The van der Waals surface area contributed by atoms with E-state index in [2.05, 4.69) is 5.32 Å². The number of hydrogen-bond acceptors (Lipinski definition) is 4. The van der Waals surface area contributed by atoms with Crippen molar-refractivity contribution in [3.63, 3.8) is 0 Å². The van der Waals surface area contributed by atoms with Crippen molar-refractivity contribution in [1.29, 1.82) is 0 Å². The third-order valence-electron chi connectivity index (χ3n) is 4.67. The summed E-state index contributed by atoms with van der Waals surface area (Å²) in [6, 6.07) is 5.59. The lowest BCUT2D eigenvalue weighted by Gasteiger charge is -2.31. The Hall–Kier alpha value is -2.50. The molecule has 0 radical (unpaired) electrons. The normalized spacial score (nSPS) is 15.5. The van der Waals surface area contributed by atoms with E-state index in [0.717, 1.165) is 35.1 Å². The molecule has 1 aliphatic heterocycles. The average Bonchev–Trinajstić information content (AvgIpc) is 3.03. The van der Waals surface area contributed by atoms with Crippen LogP contribution in [0.25, 0.3) is 11.0 Å². The van der Waals surface area contributed by atoms with Gasteiger partial charge in [-0.25, -0.2) is 0 Å². The zero-order valence-electron chi connectivity index (χ0n) is 14.0. The SMILES string of the molecule is CNC(=O)C1CCN(C(=O)Cc2coc3cc(OC)ccc23)CC1. The molecule has 1 fully saturated rings. The van der Waals surface area contributed by atoms with Crippen LogP contribution in [0.5, 0.6) is 5.75 Å². The first-order chi connectivity index (χ1) is 11.6. The minimum Gasteiger partial charge on any atom is -0.497 e. The molecule has 0 spiro atoms. The predicted octanol–water partition coefficient (Wildman–Crippen LogP) is 1.97.